The van der Waals surface area contributed by atoms with Gasteiger partial charge in [0.1, 0.15) is 0 Å². The molecule has 0 saturated heterocycles. The first kappa shape index (κ1) is 13.1. The molecule has 0 aliphatic heterocycles. The first-order valence-corrected chi connectivity index (χ1v) is 6.62. The molecule has 0 spiro atoms. The van der Waals surface area contributed by atoms with Crippen molar-refractivity contribution < 1.29 is 9.90 Å². The van der Waals surface area contributed by atoms with Crippen LogP contribution >= 0.6 is 0 Å². The van der Waals surface area contributed by atoms with Crippen LogP contribution in [0.2, 0.25) is 0 Å². The molecule has 1 aliphatic carbocycles. The van der Waals surface area contributed by atoms with Gasteiger partial charge in [0, 0.05) is 18.6 Å². The second-order valence-electron chi connectivity index (χ2n) is 5.31. The van der Waals surface area contributed by atoms with E-state index in [0.717, 1.165) is 12.8 Å². The number of rotatable bonds is 5. The minimum absolute atomic E-state index is 0.227. The van der Waals surface area contributed by atoms with Crippen molar-refractivity contribution in [3.05, 3.63) is 35.4 Å². The van der Waals surface area contributed by atoms with Crippen molar-refractivity contribution in [1.29, 1.82) is 0 Å². The summed E-state index contributed by atoms with van der Waals surface area (Å²) in [7, 11) is 0. The van der Waals surface area contributed by atoms with Crippen molar-refractivity contribution in [2.75, 3.05) is 6.54 Å². The zero-order valence-corrected chi connectivity index (χ0v) is 11.1. The molecular weight excluding hydrogens is 226 g/mol. The van der Waals surface area contributed by atoms with Crippen molar-refractivity contribution in [3.8, 4) is 0 Å². The summed E-state index contributed by atoms with van der Waals surface area (Å²) in [4.78, 5) is 13.1. The van der Waals surface area contributed by atoms with Crippen molar-refractivity contribution in [2.24, 2.45) is 0 Å². The van der Waals surface area contributed by atoms with Gasteiger partial charge in [0.2, 0.25) is 0 Å². The Morgan fingerprint density at radius 2 is 1.89 bits per heavy atom. The number of carboxylic acids is 1. The van der Waals surface area contributed by atoms with Gasteiger partial charge in [-0.25, -0.2) is 0 Å². The minimum Gasteiger partial charge on any atom is -0.481 e. The predicted octanol–water partition coefficient (Wildman–Crippen LogP) is 2.34. The topological polar surface area (TPSA) is 40.5 Å². The summed E-state index contributed by atoms with van der Waals surface area (Å²) in [5.41, 5.74) is 2.84. The quantitative estimate of drug-likeness (QED) is 0.868. The number of carboxylic acid groups (broad SMARTS) is 1. The third-order valence-corrected chi connectivity index (χ3v) is 3.75. The SMILES string of the molecule is CC(C)N(CCC(=O)O)C1Cc2ccccc2C1. The number of hydrogen-bond acceptors (Lipinski definition) is 2. The third kappa shape index (κ3) is 2.91. The summed E-state index contributed by atoms with van der Waals surface area (Å²) in [6, 6.07) is 9.39. The second kappa shape index (κ2) is 5.53. The Morgan fingerprint density at radius 1 is 1.33 bits per heavy atom. The molecule has 98 valence electrons. The van der Waals surface area contributed by atoms with Gasteiger partial charge >= 0.3 is 5.97 Å². The molecule has 2 rings (SSSR count). The molecule has 0 saturated carbocycles. The Labute approximate surface area is 108 Å². The number of nitrogens with zero attached hydrogens (tertiary/aromatic N) is 1. The van der Waals surface area contributed by atoms with Gasteiger partial charge in [-0.2, -0.15) is 0 Å². The standard InChI is InChI=1S/C15H21NO2/c1-11(2)16(8-7-15(17)18)14-9-12-5-3-4-6-13(12)10-14/h3-6,11,14H,7-10H2,1-2H3,(H,17,18). The van der Waals surface area contributed by atoms with Crippen molar-refractivity contribution in [3.63, 3.8) is 0 Å². The van der Waals surface area contributed by atoms with Gasteiger partial charge in [0.25, 0.3) is 0 Å². The van der Waals surface area contributed by atoms with E-state index in [9.17, 15) is 4.79 Å². The van der Waals surface area contributed by atoms with Gasteiger partial charge in [-0.3, -0.25) is 9.69 Å². The fraction of sp³-hybridized carbons (Fsp3) is 0.533. The Morgan fingerprint density at radius 3 is 2.33 bits per heavy atom. The van der Waals surface area contributed by atoms with Gasteiger partial charge in [-0.15, -0.1) is 0 Å². The highest BCUT2D eigenvalue weighted by Gasteiger charge is 2.28. The molecule has 3 nitrogen and oxygen atoms in total. The van der Waals surface area contributed by atoms with Gasteiger partial charge < -0.3 is 5.11 Å². The van der Waals surface area contributed by atoms with E-state index in [4.69, 9.17) is 5.11 Å². The summed E-state index contributed by atoms with van der Waals surface area (Å²) in [5.74, 6) is -0.712. The van der Waals surface area contributed by atoms with E-state index in [1.54, 1.807) is 0 Å². The normalized spacial score (nSPS) is 15.3. The molecule has 18 heavy (non-hydrogen) atoms. The molecule has 1 aromatic carbocycles. The first-order valence-electron chi connectivity index (χ1n) is 6.62. The lowest BCUT2D eigenvalue weighted by atomic mass is 10.1. The Kier molecular flexibility index (Phi) is 4.02. The summed E-state index contributed by atoms with van der Waals surface area (Å²) in [5, 5.41) is 8.83. The molecule has 0 atom stereocenters. The van der Waals surface area contributed by atoms with E-state index in [2.05, 4.69) is 43.0 Å². The lowest BCUT2D eigenvalue weighted by Gasteiger charge is -2.32. The molecule has 0 heterocycles. The van der Waals surface area contributed by atoms with Crippen molar-refractivity contribution in [1.82, 2.24) is 4.90 Å². The number of carbonyl (C=O) groups is 1. The highest BCUT2D eigenvalue weighted by atomic mass is 16.4. The maximum Gasteiger partial charge on any atom is 0.304 e. The molecular formula is C15H21NO2. The van der Waals surface area contributed by atoms with Gasteiger partial charge in [0.15, 0.2) is 0 Å². The molecule has 1 N–H and O–H groups in total. The monoisotopic (exact) mass is 247 g/mol. The molecule has 3 heteroatoms. The molecule has 1 aliphatic rings. The average Bonchev–Trinajstić information content (AvgIpc) is 2.71. The van der Waals surface area contributed by atoms with E-state index in [1.165, 1.54) is 11.1 Å². The van der Waals surface area contributed by atoms with Crippen molar-refractivity contribution in [2.45, 2.75) is 45.2 Å². The van der Waals surface area contributed by atoms with E-state index in [1.807, 2.05) is 0 Å². The maximum absolute atomic E-state index is 10.7. The van der Waals surface area contributed by atoms with E-state index >= 15 is 0 Å². The highest BCUT2D eigenvalue weighted by molar-refractivity contribution is 5.66. The van der Waals surface area contributed by atoms with Crippen LogP contribution in [0.1, 0.15) is 31.4 Å². The third-order valence-electron chi connectivity index (χ3n) is 3.75. The summed E-state index contributed by atoms with van der Waals surface area (Å²) < 4.78 is 0. The van der Waals surface area contributed by atoms with Crippen LogP contribution in [0.4, 0.5) is 0 Å². The molecule has 0 bridgehead atoms. The largest absolute Gasteiger partial charge is 0.481 e. The number of aliphatic carboxylic acids is 1. The van der Waals surface area contributed by atoms with Crippen LogP contribution in [0, 0.1) is 0 Å². The van der Waals surface area contributed by atoms with Crippen LogP contribution in [0.15, 0.2) is 24.3 Å². The summed E-state index contributed by atoms with van der Waals surface area (Å²) in [6.07, 6.45) is 2.33. The Balaban J connectivity index is 2.04. The molecule has 0 unspecified atom stereocenters. The smallest absolute Gasteiger partial charge is 0.304 e. The zero-order valence-electron chi connectivity index (χ0n) is 11.1. The predicted molar refractivity (Wildman–Crippen MR) is 71.7 cm³/mol. The van der Waals surface area contributed by atoms with Crippen LogP contribution in [-0.2, 0) is 17.6 Å². The molecule has 0 radical (unpaired) electrons. The maximum atomic E-state index is 10.7. The molecule has 0 aromatic heterocycles. The fourth-order valence-corrected chi connectivity index (χ4v) is 2.86. The van der Waals surface area contributed by atoms with Gasteiger partial charge in [-0.05, 0) is 37.8 Å². The zero-order chi connectivity index (χ0) is 13.1. The van der Waals surface area contributed by atoms with E-state index < -0.39 is 5.97 Å². The second-order valence-corrected chi connectivity index (χ2v) is 5.31. The average molecular weight is 247 g/mol. The van der Waals surface area contributed by atoms with Crippen LogP contribution in [0.25, 0.3) is 0 Å². The number of hydrogen-bond donors (Lipinski definition) is 1. The number of benzene rings is 1. The lowest BCUT2D eigenvalue weighted by Crippen LogP contribution is -2.42. The molecule has 1 aromatic rings. The number of fused-ring (bicyclic) bond motifs is 1. The van der Waals surface area contributed by atoms with E-state index in [-0.39, 0.29) is 6.42 Å². The fourth-order valence-electron chi connectivity index (χ4n) is 2.86. The van der Waals surface area contributed by atoms with Crippen LogP contribution in [0.5, 0.6) is 0 Å². The minimum atomic E-state index is -0.712. The summed E-state index contributed by atoms with van der Waals surface area (Å²) >= 11 is 0. The van der Waals surface area contributed by atoms with Gasteiger partial charge in [-0.1, -0.05) is 24.3 Å². The molecule has 0 fully saturated rings. The Bertz CT molecular complexity index is 403. The van der Waals surface area contributed by atoms with Gasteiger partial charge in [0.05, 0.1) is 6.42 Å². The Hall–Kier alpha value is -1.35. The summed E-state index contributed by atoms with van der Waals surface area (Å²) in [6.45, 7) is 4.93. The first-order chi connectivity index (χ1) is 8.58. The van der Waals surface area contributed by atoms with E-state index in [0.29, 0.717) is 18.6 Å². The highest BCUT2D eigenvalue weighted by Crippen LogP contribution is 2.26. The molecule has 0 amide bonds. The van der Waals surface area contributed by atoms with Crippen LogP contribution in [-0.4, -0.2) is 34.6 Å². The van der Waals surface area contributed by atoms with Crippen LogP contribution < -0.4 is 0 Å². The van der Waals surface area contributed by atoms with Crippen molar-refractivity contribution >= 4 is 5.97 Å². The van der Waals surface area contributed by atoms with Crippen LogP contribution in [0.3, 0.4) is 0 Å². The lowest BCUT2D eigenvalue weighted by molar-refractivity contribution is -0.137.